The van der Waals surface area contributed by atoms with Gasteiger partial charge in [0.25, 0.3) is 0 Å². The summed E-state index contributed by atoms with van der Waals surface area (Å²) in [7, 11) is 1.63. The lowest BCUT2D eigenvalue weighted by Crippen LogP contribution is -2.33. The number of hydrogen-bond donors (Lipinski definition) is 1. The van der Waals surface area contributed by atoms with Crippen LogP contribution in [0.15, 0.2) is 48.5 Å². The van der Waals surface area contributed by atoms with E-state index in [4.69, 9.17) is 9.47 Å². The van der Waals surface area contributed by atoms with Crippen molar-refractivity contribution in [3.05, 3.63) is 65.2 Å². The van der Waals surface area contributed by atoms with Gasteiger partial charge in [0.15, 0.2) is 0 Å². The summed E-state index contributed by atoms with van der Waals surface area (Å²) in [4.78, 5) is 14.9. The summed E-state index contributed by atoms with van der Waals surface area (Å²) in [5.74, 6) is 0.770. The van der Waals surface area contributed by atoms with Gasteiger partial charge in [-0.05, 0) is 41.7 Å². The van der Waals surface area contributed by atoms with Crippen molar-refractivity contribution in [1.29, 1.82) is 0 Å². The smallest absolute Gasteiger partial charge is 0.226 e. The largest absolute Gasteiger partial charge is 0.497 e. The van der Waals surface area contributed by atoms with Crippen LogP contribution in [-0.2, 0) is 16.0 Å². The number of rotatable bonds is 4. The zero-order chi connectivity index (χ0) is 18.8. The first kappa shape index (κ1) is 18.0. The highest BCUT2D eigenvalue weighted by Crippen LogP contribution is 2.36. The van der Waals surface area contributed by atoms with Crippen LogP contribution >= 0.6 is 0 Å². The van der Waals surface area contributed by atoms with Crippen molar-refractivity contribution >= 4 is 5.91 Å². The summed E-state index contributed by atoms with van der Waals surface area (Å²) in [6, 6.07) is 15.8. The summed E-state index contributed by atoms with van der Waals surface area (Å²) in [5.41, 5.74) is 3.35. The molecule has 2 heterocycles. The predicted molar refractivity (Wildman–Crippen MR) is 102 cm³/mol. The maximum Gasteiger partial charge on any atom is 0.226 e. The van der Waals surface area contributed by atoms with Gasteiger partial charge in [0.2, 0.25) is 5.91 Å². The zero-order valence-corrected chi connectivity index (χ0v) is 15.5. The minimum absolute atomic E-state index is 0.0149. The summed E-state index contributed by atoms with van der Waals surface area (Å²) >= 11 is 0. The third-order valence-electron chi connectivity index (χ3n) is 5.53. The molecule has 0 radical (unpaired) electrons. The second kappa shape index (κ2) is 7.71. The summed E-state index contributed by atoms with van der Waals surface area (Å²) in [6.07, 6.45) is 0.997. The SMILES string of the molecule is COc1cccc(C2CC(O)CN2C(=O)CC2OCCc3ccccc32)c1. The molecule has 1 amide bonds. The zero-order valence-electron chi connectivity index (χ0n) is 15.5. The fourth-order valence-corrected chi connectivity index (χ4v) is 4.18. The van der Waals surface area contributed by atoms with Gasteiger partial charge in [-0.1, -0.05) is 36.4 Å². The highest BCUT2D eigenvalue weighted by atomic mass is 16.5. The van der Waals surface area contributed by atoms with Crippen LogP contribution in [0.25, 0.3) is 0 Å². The number of likely N-dealkylation sites (tertiary alicyclic amines) is 1. The Morgan fingerprint density at radius 2 is 2.11 bits per heavy atom. The van der Waals surface area contributed by atoms with Crippen LogP contribution in [-0.4, -0.2) is 42.3 Å². The van der Waals surface area contributed by atoms with Gasteiger partial charge in [0.05, 0.1) is 38.4 Å². The van der Waals surface area contributed by atoms with Gasteiger partial charge in [-0.2, -0.15) is 0 Å². The lowest BCUT2D eigenvalue weighted by Gasteiger charge is -2.30. The van der Waals surface area contributed by atoms with E-state index in [-0.39, 0.29) is 18.1 Å². The molecule has 4 rings (SSSR count). The van der Waals surface area contributed by atoms with E-state index in [2.05, 4.69) is 6.07 Å². The first-order valence-electron chi connectivity index (χ1n) is 9.46. The number of aliphatic hydroxyl groups excluding tert-OH is 1. The first-order chi connectivity index (χ1) is 13.2. The Morgan fingerprint density at radius 1 is 1.26 bits per heavy atom. The van der Waals surface area contributed by atoms with Crippen molar-refractivity contribution < 1.29 is 19.4 Å². The Bertz CT molecular complexity index is 821. The number of amides is 1. The molecule has 0 saturated carbocycles. The van der Waals surface area contributed by atoms with Crippen LogP contribution < -0.4 is 4.74 Å². The lowest BCUT2D eigenvalue weighted by atomic mass is 9.95. The van der Waals surface area contributed by atoms with Crippen molar-refractivity contribution in [3.8, 4) is 5.75 Å². The number of ether oxygens (including phenoxy) is 2. The van der Waals surface area contributed by atoms with Crippen LogP contribution in [0, 0.1) is 0 Å². The molecule has 2 aromatic carbocycles. The Labute approximate surface area is 159 Å². The predicted octanol–water partition coefficient (Wildman–Crippen LogP) is 3.03. The Kier molecular flexibility index (Phi) is 5.14. The number of benzene rings is 2. The van der Waals surface area contributed by atoms with Gasteiger partial charge in [0.1, 0.15) is 5.75 Å². The monoisotopic (exact) mass is 367 g/mol. The van der Waals surface area contributed by atoms with Crippen molar-refractivity contribution in [2.45, 2.75) is 37.5 Å². The van der Waals surface area contributed by atoms with Crippen LogP contribution in [0.5, 0.6) is 5.75 Å². The summed E-state index contributed by atoms with van der Waals surface area (Å²) in [6.45, 7) is 0.992. The third kappa shape index (κ3) is 3.70. The first-order valence-corrected chi connectivity index (χ1v) is 9.46. The van der Waals surface area contributed by atoms with Crippen LogP contribution in [0.4, 0.5) is 0 Å². The molecule has 27 heavy (non-hydrogen) atoms. The number of carbonyl (C=O) groups is 1. The number of β-amino-alcohol motifs (C(OH)–C–C–N with tert-alkyl or cyclic N) is 1. The van der Waals surface area contributed by atoms with Crippen LogP contribution in [0.1, 0.15) is 41.7 Å². The number of nitrogens with zero attached hydrogens (tertiary/aromatic N) is 1. The molecule has 0 aliphatic carbocycles. The van der Waals surface area contributed by atoms with E-state index >= 15 is 0 Å². The molecule has 0 spiro atoms. The van der Waals surface area contributed by atoms with E-state index in [1.165, 1.54) is 5.56 Å². The van der Waals surface area contributed by atoms with Crippen molar-refractivity contribution in [2.24, 2.45) is 0 Å². The Morgan fingerprint density at radius 3 is 2.96 bits per heavy atom. The maximum atomic E-state index is 13.1. The molecular weight excluding hydrogens is 342 g/mol. The maximum absolute atomic E-state index is 13.1. The van der Waals surface area contributed by atoms with E-state index < -0.39 is 6.10 Å². The molecule has 1 N–H and O–H groups in total. The fourth-order valence-electron chi connectivity index (χ4n) is 4.18. The van der Waals surface area contributed by atoms with Gasteiger partial charge in [-0.3, -0.25) is 4.79 Å². The molecule has 2 aromatic rings. The molecule has 5 heteroatoms. The minimum Gasteiger partial charge on any atom is -0.497 e. The van der Waals surface area contributed by atoms with Crippen LogP contribution in [0.2, 0.25) is 0 Å². The summed E-state index contributed by atoms with van der Waals surface area (Å²) in [5, 5.41) is 10.2. The molecule has 2 aliphatic rings. The molecule has 0 aromatic heterocycles. The molecule has 142 valence electrons. The second-order valence-corrected chi connectivity index (χ2v) is 7.24. The van der Waals surface area contributed by atoms with Gasteiger partial charge in [-0.15, -0.1) is 0 Å². The molecule has 3 unspecified atom stereocenters. The molecule has 1 fully saturated rings. The number of methoxy groups -OCH3 is 1. The van der Waals surface area contributed by atoms with Crippen molar-refractivity contribution in [3.63, 3.8) is 0 Å². The van der Waals surface area contributed by atoms with Crippen molar-refractivity contribution in [1.82, 2.24) is 4.90 Å². The van der Waals surface area contributed by atoms with Gasteiger partial charge < -0.3 is 19.5 Å². The third-order valence-corrected chi connectivity index (χ3v) is 5.53. The molecule has 5 nitrogen and oxygen atoms in total. The molecule has 1 saturated heterocycles. The molecule has 2 aliphatic heterocycles. The average Bonchev–Trinajstić information content (AvgIpc) is 3.10. The van der Waals surface area contributed by atoms with Gasteiger partial charge in [-0.25, -0.2) is 0 Å². The number of aliphatic hydroxyl groups is 1. The van der Waals surface area contributed by atoms with E-state index in [1.807, 2.05) is 42.5 Å². The van der Waals surface area contributed by atoms with Gasteiger partial charge >= 0.3 is 0 Å². The number of hydrogen-bond acceptors (Lipinski definition) is 4. The highest BCUT2D eigenvalue weighted by Gasteiger charge is 2.37. The Balaban J connectivity index is 1.54. The summed E-state index contributed by atoms with van der Waals surface area (Å²) < 4.78 is 11.2. The highest BCUT2D eigenvalue weighted by molar-refractivity contribution is 5.78. The Hall–Kier alpha value is -2.37. The molecule has 0 bridgehead atoms. The van der Waals surface area contributed by atoms with E-state index in [1.54, 1.807) is 12.0 Å². The number of fused-ring (bicyclic) bond motifs is 1. The molecule has 3 atom stereocenters. The standard InChI is InChI=1S/C22H25NO4/c1-26-18-7-4-6-16(11-18)20-12-17(24)14-23(20)22(25)13-21-19-8-3-2-5-15(19)9-10-27-21/h2-8,11,17,20-21,24H,9-10,12-14H2,1H3. The van der Waals surface area contributed by atoms with E-state index in [9.17, 15) is 9.90 Å². The fraction of sp³-hybridized carbons (Fsp3) is 0.409. The van der Waals surface area contributed by atoms with E-state index in [0.717, 1.165) is 23.3 Å². The molecular formula is C22H25NO4. The number of carbonyl (C=O) groups excluding carboxylic acids is 1. The minimum atomic E-state index is -0.510. The van der Waals surface area contributed by atoms with E-state index in [0.29, 0.717) is 26.0 Å². The normalized spacial score (nSPS) is 24.5. The second-order valence-electron chi connectivity index (χ2n) is 7.24. The average molecular weight is 367 g/mol. The topological polar surface area (TPSA) is 59.0 Å². The van der Waals surface area contributed by atoms with Crippen LogP contribution in [0.3, 0.4) is 0 Å². The quantitative estimate of drug-likeness (QED) is 0.902. The van der Waals surface area contributed by atoms with Gasteiger partial charge in [0, 0.05) is 6.54 Å². The lowest BCUT2D eigenvalue weighted by molar-refractivity contribution is -0.136. The van der Waals surface area contributed by atoms with Crippen molar-refractivity contribution in [2.75, 3.05) is 20.3 Å².